The minimum Gasteiger partial charge on any atom is -0.383 e. The average Bonchev–Trinajstić information content (AvgIpc) is 2.53. The van der Waals surface area contributed by atoms with Gasteiger partial charge in [0.2, 0.25) is 0 Å². The van der Waals surface area contributed by atoms with Crippen molar-refractivity contribution in [2.24, 2.45) is 0 Å². The van der Waals surface area contributed by atoms with Crippen molar-refractivity contribution in [2.75, 3.05) is 20.3 Å². The molecular weight excluding hydrogens is 246 g/mol. The van der Waals surface area contributed by atoms with Crippen LogP contribution in [-0.4, -0.2) is 20.3 Å². The van der Waals surface area contributed by atoms with E-state index in [9.17, 15) is 0 Å². The standard InChI is InChI=1S/C18H23NO/c1-15(16-9-5-3-6-10-16)13-19-18(14-20-2)17-11-7-4-8-12-17/h3-12,15,18-19H,13-14H2,1-2H3. The van der Waals surface area contributed by atoms with Gasteiger partial charge in [-0.2, -0.15) is 0 Å². The molecule has 0 aliphatic heterocycles. The van der Waals surface area contributed by atoms with Crippen molar-refractivity contribution >= 4 is 0 Å². The SMILES string of the molecule is COCC(NCC(C)c1ccccc1)c1ccccc1. The van der Waals surface area contributed by atoms with Crippen LogP contribution >= 0.6 is 0 Å². The molecule has 0 radical (unpaired) electrons. The van der Waals surface area contributed by atoms with Crippen molar-refractivity contribution in [3.05, 3.63) is 71.8 Å². The van der Waals surface area contributed by atoms with Gasteiger partial charge in [0.25, 0.3) is 0 Å². The second kappa shape index (κ2) is 7.83. The molecule has 2 heteroatoms. The fourth-order valence-corrected chi connectivity index (χ4v) is 2.34. The zero-order valence-electron chi connectivity index (χ0n) is 12.3. The van der Waals surface area contributed by atoms with Gasteiger partial charge < -0.3 is 10.1 Å². The Morgan fingerprint density at radius 2 is 1.45 bits per heavy atom. The molecule has 0 fully saturated rings. The molecule has 2 atom stereocenters. The topological polar surface area (TPSA) is 21.3 Å². The molecule has 0 saturated heterocycles. The highest BCUT2D eigenvalue weighted by Gasteiger charge is 2.12. The van der Waals surface area contributed by atoms with Gasteiger partial charge in [0.1, 0.15) is 0 Å². The minimum atomic E-state index is 0.243. The molecule has 1 N–H and O–H groups in total. The van der Waals surface area contributed by atoms with Crippen molar-refractivity contribution in [3.63, 3.8) is 0 Å². The number of benzene rings is 2. The number of hydrogen-bond acceptors (Lipinski definition) is 2. The van der Waals surface area contributed by atoms with Gasteiger partial charge in [0, 0.05) is 13.7 Å². The van der Waals surface area contributed by atoms with Crippen LogP contribution in [0.25, 0.3) is 0 Å². The van der Waals surface area contributed by atoms with Gasteiger partial charge in [-0.3, -0.25) is 0 Å². The third-order valence-corrected chi connectivity index (χ3v) is 3.57. The molecule has 2 rings (SSSR count). The van der Waals surface area contributed by atoms with Crippen LogP contribution in [0.1, 0.15) is 30.0 Å². The molecule has 0 aliphatic rings. The van der Waals surface area contributed by atoms with E-state index in [2.05, 4.69) is 66.8 Å². The number of hydrogen-bond donors (Lipinski definition) is 1. The molecule has 2 aromatic rings. The molecule has 20 heavy (non-hydrogen) atoms. The monoisotopic (exact) mass is 269 g/mol. The first-order valence-corrected chi connectivity index (χ1v) is 7.13. The molecular formula is C18H23NO. The van der Waals surface area contributed by atoms with Crippen LogP contribution in [0.3, 0.4) is 0 Å². The Morgan fingerprint density at radius 3 is 2.00 bits per heavy atom. The van der Waals surface area contributed by atoms with E-state index in [0.29, 0.717) is 12.5 Å². The molecule has 0 aliphatic carbocycles. The number of nitrogens with one attached hydrogen (secondary N) is 1. The molecule has 106 valence electrons. The van der Waals surface area contributed by atoms with E-state index in [4.69, 9.17) is 4.74 Å². The fraction of sp³-hybridized carbons (Fsp3) is 0.333. The van der Waals surface area contributed by atoms with Gasteiger partial charge in [-0.1, -0.05) is 67.6 Å². The summed E-state index contributed by atoms with van der Waals surface area (Å²) in [5.41, 5.74) is 2.64. The van der Waals surface area contributed by atoms with Gasteiger partial charge in [0.15, 0.2) is 0 Å². The highest BCUT2D eigenvalue weighted by Crippen LogP contribution is 2.17. The predicted molar refractivity (Wildman–Crippen MR) is 83.9 cm³/mol. The van der Waals surface area contributed by atoms with E-state index < -0.39 is 0 Å². The normalized spacial score (nSPS) is 13.9. The van der Waals surface area contributed by atoms with Crippen LogP contribution in [0.2, 0.25) is 0 Å². The second-order valence-corrected chi connectivity index (χ2v) is 5.14. The molecule has 2 aromatic carbocycles. The maximum atomic E-state index is 5.33. The Hall–Kier alpha value is -1.64. The third kappa shape index (κ3) is 4.19. The van der Waals surface area contributed by atoms with Crippen LogP contribution < -0.4 is 5.32 Å². The fourth-order valence-electron chi connectivity index (χ4n) is 2.34. The number of rotatable bonds is 7. The molecule has 0 heterocycles. The van der Waals surface area contributed by atoms with Crippen molar-refractivity contribution in [1.82, 2.24) is 5.32 Å². The second-order valence-electron chi connectivity index (χ2n) is 5.14. The van der Waals surface area contributed by atoms with Crippen molar-refractivity contribution in [3.8, 4) is 0 Å². The first-order chi connectivity index (χ1) is 9.81. The maximum Gasteiger partial charge on any atom is 0.0657 e. The Balaban J connectivity index is 1.96. The van der Waals surface area contributed by atoms with E-state index >= 15 is 0 Å². The first kappa shape index (κ1) is 14.8. The summed E-state index contributed by atoms with van der Waals surface area (Å²) in [6.07, 6.45) is 0. The summed E-state index contributed by atoms with van der Waals surface area (Å²) in [6.45, 7) is 3.87. The summed E-state index contributed by atoms with van der Waals surface area (Å²) in [4.78, 5) is 0. The van der Waals surface area contributed by atoms with Crippen LogP contribution in [0.4, 0.5) is 0 Å². The van der Waals surface area contributed by atoms with Gasteiger partial charge in [0.05, 0.1) is 12.6 Å². The summed E-state index contributed by atoms with van der Waals surface area (Å²) in [6, 6.07) is 21.3. The van der Waals surface area contributed by atoms with Crippen LogP contribution in [0.15, 0.2) is 60.7 Å². The zero-order valence-corrected chi connectivity index (χ0v) is 12.3. The molecule has 0 saturated carbocycles. The van der Waals surface area contributed by atoms with Crippen molar-refractivity contribution in [2.45, 2.75) is 18.9 Å². The third-order valence-electron chi connectivity index (χ3n) is 3.57. The summed E-state index contributed by atoms with van der Waals surface area (Å²) in [5.74, 6) is 0.485. The van der Waals surface area contributed by atoms with E-state index in [1.54, 1.807) is 7.11 Å². The summed E-state index contributed by atoms with van der Waals surface area (Å²) in [5, 5.41) is 3.61. The minimum absolute atomic E-state index is 0.243. The Kier molecular flexibility index (Phi) is 5.78. The van der Waals surface area contributed by atoms with Crippen molar-refractivity contribution in [1.29, 1.82) is 0 Å². The number of ether oxygens (including phenoxy) is 1. The lowest BCUT2D eigenvalue weighted by atomic mass is 10.00. The van der Waals surface area contributed by atoms with Gasteiger partial charge >= 0.3 is 0 Å². The average molecular weight is 269 g/mol. The summed E-state index contributed by atoms with van der Waals surface area (Å²) < 4.78 is 5.33. The van der Waals surface area contributed by atoms with E-state index in [-0.39, 0.29) is 6.04 Å². The largest absolute Gasteiger partial charge is 0.383 e. The smallest absolute Gasteiger partial charge is 0.0657 e. The highest BCUT2D eigenvalue weighted by molar-refractivity contribution is 5.21. The molecule has 2 unspecified atom stereocenters. The Morgan fingerprint density at radius 1 is 0.900 bits per heavy atom. The lowest BCUT2D eigenvalue weighted by Crippen LogP contribution is -2.28. The molecule has 0 amide bonds. The highest BCUT2D eigenvalue weighted by atomic mass is 16.5. The lowest BCUT2D eigenvalue weighted by Gasteiger charge is -2.21. The van der Waals surface area contributed by atoms with Gasteiger partial charge in [-0.25, -0.2) is 0 Å². The summed E-state index contributed by atoms with van der Waals surface area (Å²) in [7, 11) is 1.75. The lowest BCUT2D eigenvalue weighted by molar-refractivity contribution is 0.166. The first-order valence-electron chi connectivity index (χ1n) is 7.13. The van der Waals surface area contributed by atoms with E-state index in [0.717, 1.165) is 6.54 Å². The quantitative estimate of drug-likeness (QED) is 0.826. The Labute approximate surface area is 121 Å². The molecule has 0 bridgehead atoms. The van der Waals surface area contributed by atoms with Crippen molar-refractivity contribution < 1.29 is 4.74 Å². The molecule has 0 spiro atoms. The molecule has 2 nitrogen and oxygen atoms in total. The van der Waals surface area contributed by atoms with E-state index in [1.165, 1.54) is 11.1 Å². The number of methoxy groups -OCH3 is 1. The summed E-state index contributed by atoms with van der Waals surface area (Å²) >= 11 is 0. The van der Waals surface area contributed by atoms with Gasteiger partial charge in [-0.05, 0) is 17.0 Å². The maximum absolute atomic E-state index is 5.33. The Bertz CT molecular complexity index is 483. The zero-order chi connectivity index (χ0) is 14.2. The molecule has 0 aromatic heterocycles. The van der Waals surface area contributed by atoms with Crippen LogP contribution in [0, 0.1) is 0 Å². The van der Waals surface area contributed by atoms with E-state index in [1.807, 2.05) is 6.07 Å². The van der Waals surface area contributed by atoms with Gasteiger partial charge in [-0.15, -0.1) is 0 Å². The van der Waals surface area contributed by atoms with Crippen LogP contribution in [0.5, 0.6) is 0 Å². The van der Waals surface area contributed by atoms with Crippen LogP contribution in [-0.2, 0) is 4.74 Å². The predicted octanol–water partition coefficient (Wildman–Crippen LogP) is 3.77.